The molecule has 0 amide bonds. The summed E-state index contributed by atoms with van der Waals surface area (Å²) in [7, 11) is 0. The highest BCUT2D eigenvalue weighted by atomic mass is 32.1. The third-order valence-electron chi connectivity index (χ3n) is 7.13. The summed E-state index contributed by atoms with van der Waals surface area (Å²) >= 11 is 1.22. The number of H-pyrrole nitrogens is 1. The zero-order valence-electron chi connectivity index (χ0n) is 22.2. The van der Waals surface area contributed by atoms with E-state index in [4.69, 9.17) is 4.74 Å². The number of halogens is 2. The van der Waals surface area contributed by atoms with E-state index in [1.54, 1.807) is 36.7 Å². The Balaban J connectivity index is 1.19. The fourth-order valence-corrected chi connectivity index (χ4v) is 5.52. The molecule has 6 rings (SSSR count). The maximum Gasteiger partial charge on any atom is 0.279 e. The van der Waals surface area contributed by atoms with Crippen LogP contribution in [0.1, 0.15) is 30.1 Å². The molecule has 208 valence electrons. The normalized spacial score (nSPS) is 13.9. The molecule has 0 atom stereocenters. The van der Waals surface area contributed by atoms with Crippen molar-refractivity contribution in [2.75, 3.05) is 18.4 Å². The lowest BCUT2D eigenvalue weighted by atomic mass is 9.92. The summed E-state index contributed by atoms with van der Waals surface area (Å²) in [6, 6.07) is 5.86. The van der Waals surface area contributed by atoms with Gasteiger partial charge in [0.05, 0.1) is 28.2 Å². The molecule has 0 unspecified atom stereocenters. The topological polar surface area (TPSA) is 105 Å². The summed E-state index contributed by atoms with van der Waals surface area (Å²) in [6.07, 6.45) is 6.51. The molecule has 5 aromatic rings. The van der Waals surface area contributed by atoms with Gasteiger partial charge in [-0.05, 0) is 44.0 Å². The van der Waals surface area contributed by atoms with Crippen molar-refractivity contribution in [1.29, 1.82) is 0 Å². The van der Waals surface area contributed by atoms with E-state index in [0.717, 1.165) is 42.7 Å². The van der Waals surface area contributed by atoms with E-state index in [1.165, 1.54) is 29.8 Å². The van der Waals surface area contributed by atoms with E-state index >= 15 is 4.39 Å². The van der Waals surface area contributed by atoms with Crippen LogP contribution in [0.25, 0.3) is 22.3 Å². The first-order chi connectivity index (χ1) is 19.9. The van der Waals surface area contributed by atoms with Crippen molar-refractivity contribution < 1.29 is 13.5 Å². The van der Waals surface area contributed by atoms with Crippen LogP contribution >= 0.6 is 11.3 Å². The van der Waals surface area contributed by atoms with Gasteiger partial charge in [-0.15, -0.1) is 0 Å². The molecular weight excluding hydrogens is 546 g/mol. The highest BCUT2D eigenvalue weighted by Gasteiger charge is 2.26. The van der Waals surface area contributed by atoms with Gasteiger partial charge in [0.25, 0.3) is 5.19 Å². The fourth-order valence-electron chi connectivity index (χ4n) is 4.82. The third-order valence-corrected chi connectivity index (χ3v) is 7.84. The summed E-state index contributed by atoms with van der Waals surface area (Å²) in [4.78, 5) is 19.3. The van der Waals surface area contributed by atoms with E-state index in [-0.39, 0.29) is 17.4 Å². The zero-order chi connectivity index (χ0) is 28.5. The summed E-state index contributed by atoms with van der Waals surface area (Å²) in [5.41, 5.74) is 3.95. The van der Waals surface area contributed by atoms with Crippen LogP contribution in [0.5, 0.6) is 10.9 Å². The van der Waals surface area contributed by atoms with E-state index in [9.17, 15) is 4.39 Å². The van der Waals surface area contributed by atoms with Gasteiger partial charge in [0.15, 0.2) is 5.65 Å². The lowest BCUT2D eigenvalue weighted by molar-refractivity contribution is 0.269. The molecule has 1 aromatic carbocycles. The number of piperidine rings is 1. The lowest BCUT2D eigenvalue weighted by Crippen LogP contribution is -2.31. The molecule has 1 fully saturated rings. The van der Waals surface area contributed by atoms with E-state index in [0.29, 0.717) is 33.6 Å². The number of aryl methyl sites for hydroxylation is 1. The van der Waals surface area contributed by atoms with Crippen molar-refractivity contribution in [3.05, 3.63) is 90.1 Å². The summed E-state index contributed by atoms with van der Waals surface area (Å²) < 4.78 is 34.9. The van der Waals surface area contributed by atoms with Crippen LogP contribution in [0.2, 0.25) is 0 Å². The second kappa shape index (κ2) is 11.0. The molecule has 1 saturated heterocycles. The monoisotopic (exact) mass is 572 g/mol. The first-order valence-electron chi connectivity index (χ1n) is 13.0. The van der Waals surface area contributed by atoms with Gasteiger partial charge in [0.1, 0.15) is 29.5 Å². The number of likely N-dealkylation sites (tertiary alicyclic amines) is 1. The molecule has 12 heteroatoms. The van der Waals surface area contributed by atoms with Crippen LogP contribution in [-0.4, -0.2) is 48.1 Å². The van der Waals surface area contributed by atoms with Crippen molar-refractivity contribution in [3.8, 4) is 22.2 Å². The summed E-state index contributed by atoms with van der Waals surface area (Å²) in [6.45, 7) is 11.2. The number of nitrogens with one attached hydrogen (secondary N) is 2. The first-order valence-corrected chi connectivity index (χ1v) is 13.8. The van der Waals surface area contributed by atoms with Crippen molar-refractivity contribution in [2.45, 2.75) is 25.7 Å². The number of aromatic nitrogens is 6. The van der Waals surface area contributed by atoms with Crippen LogP contribution in [0.15, 0.2) is 67.1 Å². The lowest BCUT2D eigenvalue weighted by Gasteiger charge is -2.33. The van der Waals surface area contributed by atoms with Crippen molar-refractivity contribution >= 4 is 33.9 Å². The molecule has 5 heterocycles. The minimum atomic E-state index is -0.530. The standard InChI is InChI=1S/C29H26F2N8OS/c1-4-16(2)39-9-7-18(8-10-39)26-25-27(33-15-34-28(25)38-37-26)35-23-6-5-20(12-22(23)31)40-29-36-24(14-41-29)19-11-21(30)17(3)32-13-19/h4-6,11-15,18H,1-2,7-10H2,3H3,(H2,33,34,35,37,38). The van der Waals surface area contributed by atoms with E-state index in [2.05, 4.69) is 53.5 Å². The van der Waals surface area contributed by atoms with Gasteiger partial charge in [0, 0.05) is 47.9 Å². The fraction of sp³-hybridized carbons (Fsp3) is 0.207. The highest BCUT2D eigenvalue weighted by Crippen LogP contribution is 2.36. The second-order valence-corrected chi connectivity index (χ2v) is 10.5. The predicted molar refractivity (Wildman–Crippen MR) is 154 cm³/mol. The second-order valence-electron chi connectivity index (χ2n) is 9.67. The van der Waals surface area contributed by atoms with Gasteiger partial charge in [0.2, 0.25) is 0 Å². The summed E-state index contributed by atoms with van der Waals surface area (Å²) in [5, 5.41) is 13.4. The van der Waals surface area contributed by atoms with Crippen LogP contribution < -0.4 is 10.1 Å². The van der Waals surface area contributed by atoms with Gasteiger partial charge in [-0.25, -0.2) is 23.7 Å². The van der Waals surface area contributed by atoms with Crippen LogP contribution in [-0.2, 0) is 0 Å². The maximum atomic E-state index is 15.2. The Bertz CT molecular complexity index is 1760. The quantitative estimate of drug-likeness (QED) is 0.194. The number of thiazole rings is 1. The minimum Gasteiger partial charge on any atom is -0.431 e. The number of ether oxygens (including phenoxy) is 1. The SMILES string of the molecule is C=CC(=C)N1CCC(c2[nH]nc3ncnc(Nc4ccc(Oc5nc(-c6cnc(C)c(F)c6)cs5)cc4F)c23)CC1. The van der Waals surface area contributed by atoms with Crippen LogP contribution in [0.4, 0.5) is 20.3 Å². The smallest absolute Gasteiger partial charge is 0.279 e. The van der Waals surface area contributed by atoms with Gasteiger partial charge in [-0.1, -0.05) is 24.5 Å². The van der Waals surface area contributed by atoms with Gasteiger partial charge < -0.3 is 15.0 Å². The Morgan fingerprint density at radius 3 is 2.76 bits per heavy atom. The number of hydrogen-bond acceptors (Lipinski definition) is 9. The van der Waals surface area contributed by atoms with Crippen molar-refractivity contribution in [1.82, 2.24) is 35.0 Å². The molecule has 0 spiro atoms. The maximum absolute atomic E-state index is 15.2. The molecule has 41 heavy (non-hydrogen) atoms. The average molecular weight is 573 g/mol. The molecular formula is C29H26F2N8OS. The Labute approximate surface area is 238 Å². The molecule has 4 aromatic heterocycles. The van der Waals surface area contributed by atoms with Crippen LogP contribution in [0, 0.1) is 18.6 Å². The number of aromatic amines is 1. The Morgan fingerprint density at radius 1 is 1.17 bits per heavy atom. The number of fused-ring (bicyclic) bond motifs is 1. The van der Waals surface area contributed by atoms with E-state index < -0.39 is 11.6 Å². The number of rotatable bonds is 8. The Kier molecular flexibility index (Phi) is 7.14. The number of anilines is 2. The highest BCUT2D eigenvalue weighted by molar-refractivity contribution is 7.11. The van der Waals surface area contributed by atoms with Crippen LogP contribution in [0.3, 0.4) is 0 Å². The third kappa shape index (κ3) is 5.38. The predicted octanol–water partition coefficient (Wildman–Crippen LogP) is 6.87. The molecule has 9 nitrogen and oxygen atoms in total. The molecule has 2 N–H and O–H groups in total. The molecule has 0 radical (unpaired) electrons. The Hall–Kier alpha value is -4.71. The minimum absolute atomic E-state index is 0.219. The summed E-state index contributed by atoms with van der Waals surface area (Å²) in [5.74, 6) is 0.0139. The molecule has 0 aliphatic carbocycles. The van der Waals surface area contributed by atoms with Gasteiger partial charge in [-0.2, -0.15) is 5.10 Å². The number of benzene rings is 1. The van der Waals surface area contributed by atoms with E-state index in [1.807, 2.05) is 0 Å². The van der Waals surface area contributed by atoms with Gasteiger partial charge in [-0.3, -0.25) is 10.1 Å². The molecule has 0 bridgehead atoms. The molecule has 1 aliphatic heterocycles. The molecule has 0 saturated carbocycles. The van der Waals surface area contributed by atoms with Gasteiger partial charge >= 0.3 is 0 Å². The van der Waals surface area contributed by atoms with Crippen molar-refractivity contribution in [2.24, 2.45) is 0 Å². The Morgan fingerprint density at radius 2 is 2.00 bits per heavy atom. The molecule has 1 aliphatic rings. The number of pyridine rings is 1. The number of allylic oxidation sites excluding steroid dienone is 1. The number of hydrogen-bond donors (Lipinski definition) is 2. The average Bonchev–Trinajstić information content (AvgIpc) is 3.64. The zero-order valence-corrected chi connectivity index (χ0v) is 23.0. The number of nitrogens with zero attached hydrogens (tertiary/aromatic N) is 6. The first kappa shape index (κ1) is 26.5. The van der Waals surface area contributed by atoms with Crippen molar-refractivity contribution in [3.63, 3.8) is 0 Å². The largest absolute Gasteiger partial charge is 0.431 e.